The van der Waals surface area contributed by atoms with Crippen molar-refractivity contribution in [2.75, 3.05) is 5.32 Å². The summed E-state index contributed by atoms with van der Waals surface area (Å²) in [5, 5.41) is 26.5. The third-order valence-corrected chi connectivity index (χ3v) is 6.03. The highest BCUT2D eigenvalue weighted by atomic mass is 16.5. The van der Waals surface area contributed by atoms with E-state index in [2.05, 4.69) is 54.9 Å². The van der Waals surface area contributed by atoms with E-state index in [0.29, 0.717) is 17.4 Å². The topological polar surface area (TPSA) is 110 Å². The number of nitrogens with one attached hydrogen (secondary N) is 1. The van der Waals surface area contributed by atoms with Crippen LogP contribution in [-0.2, 0) is 0 Å². The normalized spacial score (nSPS) is 12.0. The molecular formula is C31H32N4O4. The van der Waals surface area contributed by atoms with Crippen LogP contribution in [0.1, 0.15) is 41.0 Å². The maximum atomic E-state index is 9.76. The first-order chi connectivity index (χ1) is 18.4. The summed E-state index contributed by atoms with van der Waals surface area (Å²) < 4.78 is 12.1. The molecule has 8 heteroatoms. The van der Waals surface area contributed by atoms with Crippen molar-refractivity contribution in [2.45, 2.75) is 46.6 Å². The molecule has 0 unspecified atom stereocenters. The molecule has 4 aromatic carbocycles. The lowest BCUT2D eigenvalue weighted by Crippen LogP contribution is -2.36. The van der Waals surface area contributed by atoms with E-state index in [0.717, 1.165) is 28.0 Å². The monoisotopic (exact) mass is 524 g/mol. The average molecular weight is 525 g/mol. The second kappa shape index (κ2) is 9.94. The predicted octanol–water partition coefficient (Wildman–Crippen LogP) is 7.80. The highest BCUT2D eigenvalue weighted by Gasteiger charge is 2.27. The van der Waals surface area contributed by atoms with Crippen molar-refractivity contribution in [3.8, 4) is 35.0 Å². The molecule has 0 amide bonds. The average Bonchev–Trinajstić information content (AvgIpc) is 2.82. The Labute approximate surface area is 227 Å². The van der Waals surface area contributed by atoms with Crippen LogP contribution in [0, 0.1) is 5.41 Å². The first kappa shape index (κ1) is 26.0. The SMILES string of the molecule is CC(C)(C)CC(C)(C)Nc1nc(Oc2ccc3cc(O)ccc3c2)nc(Oc2ccc3cc(O)ccc3c2)n1. The molecule has 0 bridgehead atoms. The summed E-state index contributed by atoms with van der Waals surface area (Å²) >= 11 is 0. The summed E-state index contributed by atoms with van der Waals surface area (Å²) in [4.78, 5) is 13.5. The predicted molar refractivity (Wildman–Crippen MR) is 153 cm³/mol. The minimum absolute atomic E-state index is 0.0814. The first-order valence-electron chi connectivity index (χ1n) is 12.8. The van der Waals surface area contributed by atoms with Gasteiger partial charge in [-0.05, 0) is 95.8 Å². The number of fused-ring (bicyclic) bond motifs is 2. The van der Waals surface area contributed by atoms with Gasteiger partial charge in [0.1, 0.15) is 23.0 Å². The van der Waals surface area contributed by atoms with Crippen LogP contribution in [0.4, 0.5) is 5.95 Å². The van der Waals surface area contributed by atoms with E-state index in [1.54, 1.807) is 36.4 Å². The molecule has 0 atom stereocenters. The highest BCUT2D eigenvalue weighted by Crippen LogP contribution is 2.32. The van der Waals surface area contributed by atoms with Crippen LogP contribution < -0.4 is 14.8 Å². The molecule has 1 aromatic heterocycles. The molecule has 3 N–H and O–H groups in total. The zero-order valence-corrected chi connectivity index (χ0v) is 22.7. The van der Waals surface area contributed by atoms with E-state index < -0.39 is 0 Å². The minimum atomic E-state index is -0.315. The van der Waals surface area contributed by atoms with Gasteiger partial charge >= 0.3 is 12.0 Å². The Morgan fingerprint density at radius 1 is 0.615 bits per heavy atom. The van der Waals surface area contributed by atoms with Crippen LogP contribution in [0.25, 0.3) is 21.5 Å². The van der Waals surface area contributed by atoms with Gasteiger partial charge in [0, 0.05) is 5.54 Å². The fourth-order valence-corrected chi connectivity index (χ4v) is 4.92. The molecule has 0 saturated carbocycles. The molecule has 0 radical (unpaired) electrons. The van der Waals surface area contributed by atoms with E-state index in [1.165, 1.54) is 0 Å². The number of phenolic OH excluding ortho intramolecular Hbond substituents is 2. The molecular weight excluding hydrogens is 492 g/mol. The van der Waals surface area contributed by atoms with Gasteiger partial charge in [0.05, 0.1) is 0 Å². The largest absolute Gasteiger partial charge is 0.508 e. The van der Waals surface area contributed by atoms with Gasteiger partial charge in [-0.25, -0.2) is 0 Å². The lowest BCUT2D eigenvalue weighted by atomic mass is 9.82. The van der Waals surface area contributed by atoms with Crippen LogP contribution in [0.15, 0.2) is 72.8 Å². The number of ether oxygens (including phenoxy) is 2. The van der Waals surface area contributed by atoms with Gasteiger partial charge in [0.25, 0.3) is 0 Å². The van der Waals surface area contributed by atoms with Crippen molar-refractivity contribution >= 4 is 27.5 Å². The summed E-state index contributed by atoms with van der Waals surface area (Å²) in [6.07, 6.45) is 0.868. The Kier molecular flexibility index (Phi) is 6.64. The van der Waals surface area contributed by atoms with Crippen molar-refractivity contribution in [3.63, 3.8) is 0 Å². The van der Waals surface area contributed by atoms with E-state index in [4.69, 9.17) is 9.47 Å². The molecule has 0 fully saturated rings. The Balaban J connectivity index is 1.48. The Hall–Kier alpha value is -4.59. The smallest absolute Gasteiger partial charge is 0.330 e. The van der Waals surface area contributed by atoms with Gasteiger partial charge < -0.3 is 25.0 Å². The highest BCUT2D eigenvalue weighted by molar-refractivity contribution is 5.86. The van der Waals surface area contributed by atoms with Crippen molar-refractivity contribution in [1.82, 2.24) is 15.0 Å². The maximum Gasteiger partial charge on any atom is 0.330 e. The zero-order chi connectivity index (χ0) is 27.8. The number of aromatic nitrogens is 3. The molecule has 0 saturated heterocycles. The summed E-state index contributed by atoms with van der Waals surface area (Å²) in [6.45, 7) is 10.8. The Morgan fingerprint density at radius 2 is 1.05 bits per heavy atom. The van der Waals surface area contributed by atoms with Crippen molar-refractivity contribution in [2.24, 2.45) is 5.41 Å². The molecule has 5 aromatic rings. The minimum Gasteiger partial charge on any atom is -0.508 e. The Morgan fingerprint density at radius 3 is 1.51 bits per heavy atom. The zero-order valence-electron chi connectivity index (χ0n) is 22.7. The number of nitrogens with zero attached hydrogens (tertiary/aromatic N) is 3. The molecule has 200 valence electrons. The van der Waals surface area contributed by atoms with Crippen LogP contribution in [0.5, 0.6) is 35.0 Å². The number of hydrogen-bond acceptors (Lipinski definition) is 8. The Bertz CT molecular complexity index is 1560. The number of anilines is 1. The second-order valence-electron chi connectivity index (χ2n) is 11.6. The number of benzene rings is 4. The summed E-state index contributed by atoms with van der Waals surface area (Å²) in [6, 6.07) is 21.5. The third kappa shape index (κ3) is 6.65. The number of hydrogen-bond donors (Lipinski definition) is 3. The second-order valence-corrected chi connectivity index (χ2v) is 11.6. The fourth-order valence-electron chi connectivity index (χ4n) is 4.92. The van der Waals surface area contributed by atoms with Crippen molar-refractivity contribution in [1.29, 1.82) is 0 Å². The van der Waals surface area contributed by atoms with Gasteiger partial charge in [-0.15, -0.1) is 4.98 Å². The van der Waals surface area contributed by atoms with Crippen LogP contribution in [0.3, 0.4) is 0 Å². The molecule has 0 aliphatic rings. The summed E-state index contributed by atoms with van der Waals surface area (Å²) in [5.41, 5.74) is -0.231. The molecule has 0 aliphatic carbocycles. The first-order valence-corrected chi connectivity index (χ1v) is 12.8. The standard InChI is InChI=1S/C31H32N4O4/c1-30(2,3)18-31(4,5)35-27-32-28(38-25-12-8-19-14-23(36)10-6-21(19)16-25)34-29(33-27)39-26-13-9-20-15-24(37)11-7-22(20)17-26/h6-17,36-37H,18H2,1-5H3,(H,32,33,34,35). The van der Waals surface area contributed by atoms with Crippen LogP contribution in [0.2, 0.25) is 0 Å². The van der Waals surface area contributed by atoms with E-state index in [-0.39, 0.29) is 34.5 Å². The fraction of sp³-hybridized carbons (Fsp3) is 0.258. The van der Waals surface area contributed by atoms with Crippen LogP contribution >= 0.6 is 0 Å². The number of aromatic hydroxyl groups is 2. The van der Waals surface area contributed by atoms with Crippen molar-refractivity contribution < 1.29 is 19.7 Å². The molecule has 1 heterocycles. The maximum absolute atomic E-state index is 9.76. The number of rotatable bonds is 7. The molecule has 0 aliphatic heterocycles. The van der Waals surface area contributed by atoms with Gasteiger partial charge in [-0.2, -0.15) is 9.97 Å². The third-order valence-electron chi connectivity index (χ3n) is 6.03. The van der Waals surface area contributed by atoms with Crippen LogP contribution in [-0.4, -0.2) is 30.7 Å². The lowest BCUT2D eigenvalue weighted by molar-refractivity contribution is 0.301. The molecule has 0 spiro atoms. The van der Waals surface area contributed by atoms with Gasteiger partial charge in [-0.1, -0.05) is 45.0 Å². The molecule has 5 rings (SSSR count). The van der Waals surface area contributed by atoms with E-state index in [1.807, 2.05) is 36.4 Å². The van der Waals surface area contributed by atoms with E-state index >= 15 is 0 Å². The van der Waals surface area contributed by atoms with Gasteiger partial charge in [0.2, 0.25) is 5.95 Å². The number of phenols is 2. The van der Waals surface area contributed by atoms with Gasteiger partial charge in [0.15, 0.2) is 0 Å². The van der Waals surface area contributed by atoms with Crippen molar-refractivity contribution in [3.05, 3.63) is 72.8 Å². The summed E-state index contributed by atoms with van der Waals surface area (Å²) in [5.74, 6) is 1.82. The quantitative estimate of drug-likeness (QED) is 0.198. The molecule has 39 heavy (non-hydrogen) atoms. The molecule has 8 nitrogen and oxygen atoms in total. The van der Waals surface area contributed by atoms with E-state index in [9.17, 15) is 10.2 Å². The van der Waals surface area contributed by atoms with Gasteiger partial charge in [-0.3, -0.25) is 0 Å². The summed E-state index contributed by atoms with van der Waals surface area (Å²) in [7, 11) is 0. The lowest BCUT2D eigenvalue weighted by Gasteiger charge is -2.33.